The first kappa shape index (κ1) is 57.2. The molecular weight excluding hydrogens is 871 g/mol. The minimum atomic E-state index is -0.476. The lowest BCUT2D eigenvalue weighted by Crippen LogP contribution is -2.47. The number of fused-ring (bicyclic) bond motifs is 2. The van der Waals surface area contributed by atoms with Crippen molar-refractivity contribution in [2.45, 2.75) is 147 Å². The van der Waals surface area contributed by atoms with Gasteiger partial charge in [-0.2, -0.15) is 11.8 Å². The third kappa shape index (κ3) is 20.6. The van der Waals surface area contributed by atoms with Crippen molar-refractivity contribution in [2.75, 3.05) is 113 Å². The zero-order valence-electron chi connectivity index (χ0n) is 41.7. The van der Waals surface area contributed by atoms with E-state index < -0.39 is 12.2 Å². The molecule has 0 unspecified atom stereocenters. The first-order valence-corrected chi connectivity index (χ1v) is 25.2. The smallest absolute Gasteiger partial charge is 0.315 e. The molecule has 4 heterocycles. The number of rotatable bonds is 30. The van der Waals surface area contributed by atoms with Crippen molar-refractivity contribution in [3.63, 3.8) is 0 Å². The Morgan fingerprint density at radius 3 is 2.20 bits per heavy atom. The van der Waals surface area contributed by atoms with Crippen LogP contribution >= 0.6 is 11.8 Å². The maximum absolute atomic E-state index is 13.3. The van der Waals surface area contributed by atoms with E-state index in [0.29, 0.717) is 116 Å². The topological polar surface area (TPSA) is 209 Å². The van der Waals surface area contributed by atoms with Gasteiger partial charge in [-0.25, -0.2) is 9.48 Å². The number of amides is 5. The number of hydrogen-bond donors (Lipinski definition) is 4. The number of aromatic nitrogens is 3. The standard InChI is InChI=1S/C35H65N7O9.C11H20N2OS/c1-28(43)36-14-9-19-48-23-25-51-26-24-49-20-10-15-37-31(44)11-8-12-32(45)41-16-13-29-33(34(47-7)30(27-41)46-6)38-39-42(29)18-22-50-21-17-40(5)35(2,3)4;1-3-4-5-6-8-9-11(2,7-15-8)13-10(14)12-9/h30,34H,8-27H2,1-7H3,(H,36,43)(H,37,44);8-9H,3-7H2,1-2H3,(H2,12,13,14)/t30-,34+;8-,9+,11-/m00/s1. The van der Waals surface area contributed by atoms with Crippen LogP contribution in [-0.2, 0) is 55.8 Å². The molecule has 5 amide bonds. The average Bonchev–Trinajstić information content (AvgIpc) is 3.90. The lowest BCUT2D eigenvalue weighted by molar-refractivity contribution is -0.135. The van der Waals surface area contributed by atoms with Gasteiger partial charge >= 0.3 is 6.03 Å². The van der Waals surface area contributed by atoms with E-state index in [4.69, 9.17) is 28.4 Å². The fourth-order valence-electron chi connectivity index (χ4n) is 7.86. The van der Waals surface area contributed by atoms with Crippen molar-refractivity contribution >= 4 is 35.5 Å². The normalized spacial score (nSPS) is 21.5. The monoisotopic (exact) mass is 956 g/mol. The zero-order chi connectivity index (χ0) is 48.4. The summed E-state index contributed by atoms with van der Waals surface area (Å²) in [6, 6.07) is 0.357. The molecule has 0 aliphatic carbocycles. The van der Waals surface area contributed by atoms with Crippen LogP contribution in [0.5, 0.6) is 0 Å². The van der Waals surface area contributed by atoms with Crippen LogP contribution in [0.1, 0.15) is 117 Å². The number of nitrogens with zero attached hydrogens (tertiary/aromatic N) is 5. The van der Waals surface area contributed by atoms with Crippen LogP contribution < -0.4 is 21.3 Å². The van der Waals surface area contributed by atoms with Crippen LogP contribution in [0.15, 0.2) is 0 Å². The molecule has 4 rings (SSSR count). The Morgan fingerprint density at radius 1 is 0.894 bits per heavy atom. The Hall–Kier alpha value is -3.11. The van der Waals surface area contributed by atoms with Crippen LogP contribution in [-0.4, -0.2) is 190 Å². The third-order valence-corrected chi connectivity index (χ3v) is 13.9. The van der Waals surface area contributed by atoms with Gasteiger partial charge in [0, 0.05) is 103 Å². The number of hydrogen-bond acceptors (Lipinski definition) is 14. The van der Waals surface area contributed by atoms with Crippen LogP contribution in [0.3, 0.4) is 0 Å². The quantitative estimate of drug-likeness (QED) is 0.0644. The first-order chi connectivity index (χ1) is 31.6. The molecule has 1 aromatic heterocycles. The summed E-state index contributed by atoms with van der Waals surface area (Å²) in [5.74, 6) is 0.894. The molecule has 0 spiro atoms. The second-order valence-corrected chi connectivity index (χ2v) is 19.7. The van der Waals surface area contributed by atoms with Crippen molar-refractivity contribution in [1.82, 2.24) is 46.1 Å². The van der Waals surface area contributed by atoms with Crippen molar-refractivity contribution in [1.29, 1.82) is 0 Å². The number of methoxy groups -OCH3 is 2. The minimum Gasteiger partial charge on any atom is -0.379 e. The summed E-state index contributed by atoms with van der Waals surface area (Å²) < 4.78 is 35.8. The number of carbonyl (C=O) groups excluding carboxylic acids is 4. The third-order valence-electron chi connectivity index (χ3n) is 12.2. The lowest BCUT2D eigenvalue weighted by atomic mass is 9.92. The largest absolute Gasteiger partial charge is 0.379 e. The van der Waals surface area contributed by atoms with Crippen molar-refractivity contribution in [3.8, 4) is 0 Å². The second-order valence-electron chi connectivity index (χ2n) is 18.4. The van der Waals surface area contributed by atoms with E-state index in [1.807, 2.05) is 16.4 Å². The predicted octanol–water partition coefficient (Wildman–Crippen LogP) is 3.49. The molecule has 2 fully saturated rings. The Balaban J connectivity index is 0.000000643. The van der Waals surface area contributed by atoms with Crippen molar-refractivity contribution in [2.24, 2.45) is 0 Å². The Labute approximate surface area is 398 Å². The van der Waals surface area contributed by atoms with E-state index >= 15 is 0 Å². The summed E-state index contributed by atoms with van der Waals surface area (Å²) in [6.07, 6.45) is 7.20. The van der Waals surface area contributed by atoms with Crippen LogP contribution in [0, 0.1) is 0 Å². The van der Waals surface area contributed by atoms with Gasteiger partial charge in [-0.1, -0.05) is 31.4 Å². The fourth-order valence-corrected chi connectivity index (χ4v) is 9.56. The van der Waals surface area contributed by atoms with Gasteiger partial charge in [0.15, 0.2) is 0 Å². The average molecular weight is 956 g/mol. The maximum Gasteiger partial charge on any atom is 0.315 e. The molecule has 0 radical (unpaired) electrons. The molecule has 5 atom stereocenters. The van der Waals surface area contributed by atoms with E-state index in [1.54, 1.807) is 19.1 Å². The summed E-state index contributed by atoms with van der Waals surface area (Å²) in [7, 11) is 5.31. The SMILES string of the molecule is CCCCC[C@@H]1SC[C@]2(C)NC(=O)N[C@H]12.CO[C@H]1CN(C(=O)CCCC(=O)NCCCOCCOCCOCCCNC(C)=O)CCc2c(nnn2CCOCCN(C)C(C)(C)C)[C@@H]1OC. The molecular formula is C46H85N9O10S. The van der Waals surface area contributed by atoms with Crippen molar-refractivity contribution in [3.05, 3.63) is 11.4 Å². The Kier molecular flexibility index (Phi) is 27.0. The molecule has 3 aliphatic heterocycles. The number of nitrogens with one attached hydrogen (secondary N) is 4. The van der Waals surface area contributed by atoms with E-state index in [1.165, 1.54) is 32.6 Å². The van der Waals surface area contributed by atoms with Gasteiger partial charge in [-0.15, -0.1) is 5.10 Å². The van der Waals surface area contributed by atoms with Crippen LogP contribution in [0.4, 0.5) is 4.79 Å². The van der Waals surface area contributed by atoms with Gasteiger partial charge in [-0.05, 0) is 60.4 Å². The molecule has 19 nitrogen and oxygen atoms in total. The van der Waals surface area contributed by atoms with E-state index in [0.717, 1.165) is 30.1 Å². The molecule has 3 aliphatic rings. The molecule has 380 valence electrons. The summed E-state index contributed by atoms with van der Waals surface area (Å²) in [5.41, 5.74) is 1.72. The summed E-state index contributed by atoms with van der Waals surface area (Å²) in [6.45, 7) is 19.8. The van der Waals surface area contributed by atoms with Gasteiger partial charge in [-0.3, -0.25) is 19.3 Å². The Bertz CT molecular complexity index is 1570. The second kappa shape index (κ2) is 31.1. The highest BCUT2D eigenvalue weighted by Gasteiger charge is 2.51. The number of thioether (sulfide) groups is 1. The lowest BCUT2D eigenvalue weighted by Gasteiger charge is -2.33. The number of unbranched alkanes of at least 4 members (excludes halogenated alkanes) is 2. The minimum absolute atomic E-state index is 0.00136. The molecule has 0 bridgehead atoms. The molecule has 0 saturated carbocycles. The predicted molar refractivity (Wildman–Crippen MR) is 256 cm³/mol. The number of ether oxygens (including phenoxy) is 6. The number of likely N-dealkylation sites (N-methyl/N-ethyl adjacent to an activating group) is 1. The molecule has 1 aromatic rings. The van der Waals surface area contributed by atoms with Gasteiger partial charge in [0.1, 0.15) is 17.9 Å². The molecule has 4 N–H and O–H groups in total. The summed E-state index contributed by atoms with van der Waals surface area (Å²) >= 11 is 2.01. The highest BCUT2D eigenvalue weighted by molar-refractivity contribution is 8.00. The summed E-state index contributed by atoms with van der Waals surface area (Å²) in [4.78, 5) is 51.8. The van der Waals surface area contributed by atoms with E-state index in [-0.39, 0.29) is 47.7 Å². The number of urea groups is 1. The molecule has 20 heteroatoms. The maximum atomic E-state index is 13.3. The molecule has 0 aromatic carbocycles. The first-order valence-electron chi connectivity index (χ1n) is 24.1. The molecule has 2 saturated heterocycles. The Morgan fingerprint density at radius 2 is 1.56 bits per heavy atom. The highest BCUT2D eigenvalue weighted by Crippen LogP contribution is 2.39. The van der Waals surface area contributed by atoms with Gasteiger partial charge in [0.2, 0.25) is 17.7 Å². The van der Waals surface area contributed by atoms with Crippen LogP contribution in [0.25, 0.3) is 0 Å². The summed E-state index contributed by atoms with van der Waals surface area (Å²) in [5, 5.41) is 21.2. The van der Waals surface area contributed by atoms with Crippen molar-refractivity contribution < 1.29 is 47.6 Å². The molecule has 66 heavy (non-hydrogen) atoms. The van der Waals surface area contributed by atoms with E-state index in [9.17, 15) is 19.2 Å². The van der Waals surface area contributed by atoms with Gasteiger partial charge in [0.25, 0.3) is 0 Å². The fraction of sp³-hybridized carbons (Fsp3) is 0.870. The van der Waals surface area contributed by atoms with Gasteiger partial charge < -0.3 is 54.6 Å². The number of carbonyl (C=O) groups is 4. The van der Waals surface area contributed by atoms with Crippen LogP contribution in [0.2, 0.25) is 0 Å². The zero-order valence-corrected chi connectivity index (χ0v) is 42.5. The highest BCUT2D eigenvalue weighted by atomic mass is 32.2. The van der Waals surface area contributed by atoms with Gasteiger partial charge in [0.05, 0.1) is 63.5 Å². The van der Waals surface area contributed by atoms with E-state index in [2.05, 4.69) is 78.1 Å².